The number of hydrogen-bond donors (Lipinski definition) is 2. The summed E-state index contributed by atoms with van der Waals surface area (Å²) in [6.45, 7) is 4.24. The number of piperidine rings is 1. The summed E-state index contributed by atoms with van der Waals surface area (Å²) in [5.74, 6) is 0.414. The van der Waals surface area contributed by atoms with Crippen LogP contribution in [-0.4, -0.2) is 33.9 Å². The van der Waals surface area contributed by atoms with Gasteiger partial charge >= 0.3 is 0 Å². The molecule has 20 heavy (non-hydrogen) atoms. The van der Waals surface area contributed by atoms with E-state index in [9.17, 15) is 4.79 Å². The number of rotatable bonds is 3. The molecule has 0 bridgehead atoms. The second-order valence-corrected chi connectivity index (χ2v) is 6.99. The molecule has 1 saturated carbocycles. The maximum atomic E-state index is 12.7. The van der Waals surface area contributed by atoms with Crippen LogP contribution in [0.4, 0.5) is 10.9 Å². The van der Waals surface area contributed by atoms with Crippen molar-refractivity contribution in [2.45, 2.75) is 64.1 Å². The smallest absolute Gasteiger partial charge is 0.268 e. The summed E-state index contributed by atoms with van der Waals surface area (Å²) in [4.78, 5) is 19.6. The third-order valence-electron chi connectivity index (χ3n) is 4.18. The number of carbonyl (C=O) groups excluding carboxylic acids is 1. The van der Waals surface area contributed by atoms with Gasteiger partial charge in [0.15, 0.2) is 5.13 Å². The van der Waals surface area contributed by atoms with Crippen molar-refractivity contribution in [1.82, 2.24) is 9.88 Å². The Morgan fingerprint density at radius 2 is 1.95 bits per heavy atom. The Balaban J connectivity index is 1.79. The average Bonchev–Trinajstić information content (AvgIpc) is 3.11. The number of thiazole rings is 1. The lowest BCUT2D eigenvalue weighted by Crippen LogP contribution is -2.47. The van der Waals surface area contributed by atoms with E-state index in [1.807, 2.05) is 4.90 Å². The number of nitrogens with two attached hydrogens (primary N) is 1. The largest absolute Gasteiger partial charge is 0.382 e. The molecule has 110 valence electrons. The molecule has 5 nitrogen and oxygen atoms in total. The average molecular weight is 294 g/mol. The molecule has 1 aromatic rings. The van der Waals surface area contributed by atoms with Crippen molar-refractivity contribution in [3.05, 3.63) is 4.88 Å². The molecule has 2 fully saturated rings. The minimum Gasteiger partial charge on any atom is -0.382 e. The molecule has 6 heteroatoms. The van der Waals surface area contributed by atoms with Gasteiger partial charge in [0.1, 0.15) is 10.7 Å². The van der Waals surface area contributed by atoms with E-state index in [1.165, 1.54) is 30.6 Å². The van der Waals surface area contributed by atoms with Crippen LogP contribution in [0.15, 0.2) is 0 Å². The van der Waals surface area contributed by atoms with Gasteiger partial charge in [-0.15, -0.1) is 0 Å². The molecule has 1 amide bonds. The van der Waals surface area contributed by atoms with Crippen LogP contribution in [0.5, 0.6) is 0 Å². The molecule has 0 radical (unpaired) electrons. The summed E-state index contributed by atoms with van der Waals surface area (Å²) < 4.78 is 0. The monoisotopic (exact) mass is 294 g/mol. The number of hydrogen-bond acceptors (Lipinski definition) is 5. The molecule has 1 aromatic heterocycles. The first-order valence-corrected chi connectivity index (χ1v) is 8.23. The van der Waals surface area contributed by atoms with E-state index in [0.29, 0.717) is 16.7 Å². The normalized spacial score (nSPS) is 26.6. The van der Waals surface area contributed by atoms with Crippen molar-refractivity contribution in [2.75, 3.05) is 11.1 Å². The first-order valence-electron chi connectivity index (χ1n) is 7.41. The highest BCUT2D eigenvalue weighted by Crippen LogP contribution is 2.33. The molecular weight excluding hydrogens is 272 g/mol. The molecule has 3 rings (SSSR count). The van der Waals surface area contributed by atoms with Crippen molar-refractivity contribution in [1.29, 1.82) is 0 Å². The first kappa shape index (κ1) is 13.7. The van der Waals surface area contributed by atoms with E-state index in [1.54, 1.807) is 0 Å². The Kier molecular flexibility index (Phi) is 3.58. The third-order valence-corrected chi connectivity index (χ3v) is 5.17. The molecular formula is C14H22N4OS. The fourth-order valence-corrected chi connectivity index (χ4v) is 3.79. The number of nitrogen functional groups attached to an aromatic ring is 1. The quantitative estimate of drug-likeness (QED) is 0.899. The van der Waals surface area contributed by atoms with Crippen LogP contribution in [0.3, 0.4) is 0 Å². The van der Waals surface area contributed by atoms with Gasteiger partial charge in [0.05, 0.1) is 0 Å². The highest BCUT2D eigenvalue weighted by Gasteiger charge is 2.32. The fraction of sp³-hybridized carbons (Fsp3) is 0.714. The highest BCUT2D eigenvalue weighted by atomic mass is 32.1. The highest BCUT2D eigenvalue weighted by molar-refractivity contribution is 7.18. The SMILES string of the molecule is CC1CCCC(C)N1C(=O)c1sc(NC2CC2)nc1N. The van der Waals surface area contributed by atoms with Crippen LogP contribution in [0.25, 0.3) is 0 Å². The lowest BCUT2D eigenvalue weighted by molar-refractivity contribution is 0.0516. The van der Waals surface area contributed by atoms with E-state index in [-0.39, 0.29) is 18.0 Å². The van der Waals surface area contributed by atoms with Crippen molar-refractivity contribution >= 4 is 28.2 Å². The van der Waals surface area contributed by atoms with Gasteiger partial charge in [-0.2, -0.15) is 0 Å². The minimum absolute atomic E-state index is 0.0450. The molecule has 2 heterocycles. The second-order valence-electron chi connectivity index (χ2n) is 5.99. The Labute approximate surface area is 123 Å². The summed E-state index contributed by atoms with van der Waals surface area (Å²) in [5.41, 5.74) is 5.95. The van der Waals surface area contributed by atoms with Crippen LogP contribution in [0.1, 0.15) is 55.6 Å². The van der Waals surface area contributed by atoms with E-state index >= 15 is 0 Å². The predicted octanol–water partition coefficient (Wildman–Crippen LogP) is 2.70. The second kappa shape index (κ2) is 5.24. The van der Waals surface area contributed by atoms with Gasteiger partial charge in [-0.25, -0.2) is 4.98 Å². The zero-order valence-corrected chi connectivity index (χ0v) is 12.9. The summed E-state index contributed by atoms with van der Waals surface area (Å²) in [6.07, 6.45) is 5.70. The molecule has 1 aliphatic carbocycles. The van der Waals surface area contributed by atoms with Gasteiger partial charge in [-0.1, -0.05) is 11.3 Å². The maximum Gasteiger partial charge on any atom is 0.268 e. The summed E-state index contributed by atoms with van der Waals surface area (Å²) in [6, 6.07) is 1.09. The molecule has 3 N–H and O–H groups in total. The molecule has 1 saturated heterocycles. The first-order chi connectivity index (χ1) is 9.56. The molecule has 0 spiro atoms. The topological polar surface area (TPSA) is 71.2 Å². The van der Waals surface area contributed by atoms with Crippen LogP contribution < -0.4 is 11.1 Å². The van der Waals surface area contributed by atoms with E-state index < -0.39 is 0 Å². The maximum absolute atomic E-state index is 12.7. The van der Waals surface area contributed by atoms with E-state index in [4.69, 9.17) is 5.73 Å². The van der Waals surface area contributed by atoms with Crippen molar-refractivity contribution in [2.24, 2.45) is 0 Å². The number of likely N-dealkylation sites (tertiary alicyclic amines) is 1. The van der Waals surface area contributed by atoms with Crippen molar-refractivity contribution < 1.29 is 4.79 Å². The number of anilines is 2. The van der Waals surface area contributed by atoms with E-state index in [0.717, 1.165) is 18.0 Å². The zero-order valence-electron chi connectivity index (χ0n) is 12.1. The van der Waals surface area contributed by atoms with Gasteiger partial charge in [-0.05, 0) is 46.0 Å². The minimum atomic E-state index is 0.0450. The van der Waals surface area contributed by atoms with Gasteiger partial charge < -0.3 is 16.0 Å². The molecule has 2 unspecified atom stereocenters. The van der Waals surface area contributed by atoms with Gasteiger partial charge in [-0.3, -0.25) is 4.79 Å². The summed E-state index contributed by atoms with van der Waals surface area (Å²) in [7, 11) is 0. The van der Waals surface area contributed by atoms with Crippen LogP contribution >= 0.6 is 11.3 Å². The summed E-state index contributed by atoms with van der Waals surface area (Å²) in [5, 5.41) is 4.10. The summed E-state index contributed by atoms with van der Waals surface area (Å²) >= 11 is 1.40. The number of nitrogens with one attached hydrogen (secondary N) is 1. The Morgan fingerprint density at radius 1 is 1.30 bits per heavy atom. The standard InChI is InChI=1S/C14H22N4OS/c1-8-4-3-5-9(2)18(8)13(19)11-12(15)17-14(20-11)16-10-6-7-10/h8-10H,3-7,15H2,1-2H3,(H,16,17). The van der Waals surface area contributed by atoms with E-state index in [2.05, 4.69) is 24.1 Å². The lowest BCUT2D eigenvalue weighted by atomic mass is 9.97. The molecule has 0 aromatic carbocycles. The van der Waals surface area contributed by atoms with Gasteiger partial charge in [0.25, 0.3) is 5.91 Å². The molecule has 2 aliphatic rings. The molecule has 1 aliphatic heterocycles. The van der Waals surface area contributed by atoms with Crippen LogP contribution in [0, 0.1) is 0 Å². The predicted molar refractivity (Wildman–Crippen MR) is 82.1 cm³/mol. The van der Waals surface area contributed by atoms with Crippen LogP contribution in [-0.2, 0) is 0 Å². The van der Waals surface area contributed by atoms with Crippen molar-refractivity contribution in [3.63, 3.8) is 0 Å². The molecule has 2 atom stereocenters. The fourth-order valence-electron chi connectivity index (χ4n) is 2.89. The number of aromatic nitrogens is 1. The third kappa shape index (κ3) is 2.61. The van der Waals surface area contributed by atoms with Gasteiger partial charge in [0.2, 0.25) is 0 Å². The van der Waals surface area contributed by atoms with Crippen molar-refractivity contribution in [3.8, 4) is 0 Å². The Hall–Kier alpha value is -1.30. The Bertz CT molecular complexity index is 501. The number of amides is 1. The Morgan fingerprint density at radius 3 is 2.55 bits per heavy atom. The number of nitrogens with zero attached hydrogens (tertiary/aromatic N) is 2. The number of carbonyl (C=O) groups is 1. The van der Waals surface area contributed by atoms with Crippen LogP contribution in [0.2, 0.25) is 0 Å². The van der Waals surface area contributed by atoms with Gasteiger partial charge in [0, 0.05) is 18.1 Å². The zero-order chi connectivity index (χ0) is 14.3. The lowest BCUT2D eigenvalue weighted by Gasteiger charge is -2.38.